The second kappa shape index (κ2) is 6.49. The molecule has 5 heteroatoms. The summed E-state index contributed by atoms with van der Waals surface area (Å²) < 4.78 is 1.75. The summed E-state index contributed by atoms with van der Waals surface area (Å²) >= 11 is 0. The molecule has 0 saturated heterocycles. The predicted octanol–water partition coefficient (Wildman–Crippen LogP) is 1.53. The van der Waals surface area contributed by atoms with Crippen molar-refractivity contribution in [1.29, 1.82) is 0 Å². The zero-order chi connectivity index (χ0) is 12.8. The molecule has 1 rings (SSSR count). The number of nitrogens with zero attached hydrogens (tertiary/aromatic N) is 2. The van der Waals surface area contributed by atoms with E-state index in [-0.39, 0.29) is 6.10 Å². The molecule has 0 bridgehead atoms. The molecule has 0 radical (unpaired) electrons. The Kier molecular flexibility index (Phi) is 5.28. The van der Waals surface area contributed by atoms with Gasteiger partial charge >= 0.3 is 0 Å². The molecule has 0 aliphatic carbocycles. The lowest BCUT2D eigenvalue weighted by molar-refractivity contribution is 0.176. The van der Waals surface area contributed by atoms with Crippen LogP contribution in [0.1, 0.15) is 38.8 Å². The van der Waals surface area contributed by atoms with Crippen LogP contribution in [0.2, 0.25) is 0 Å². The Morgan fingerprint density at radius 3 is 2.71 bits per heavy atom. The van der Waals surface area contributed by atoms with Crippen LogP contribution in [-0.2, 0) is 13.5 Å². The highest BCUT2D eigenvalue weighted by Crippen LogP contribution is 2.22. The van der Waals surface area contributed by atoms with Crippen molar-refractivity contribution in [2.75, 3.05) is 17.6 Å². The predicted molar refractivity (Wildman–Crippen MR) is 71.0 cm³/mol. The SMILES string of the molecule is CCCc1nn(C)c(NCC(O)CCC)c1N. The van der Waals surface area contributed by atoms with Crippen molar-refractivity contribution in [3.8, 4) is 0 Å². The maximum atomic E-state index is 9.67. The molecule has 0 spiro atoms. The van der Waals surface area contributed by atoms with Crippen LogP contribution in [0.3, 0.4) is 0 Å². The Hall–Kier alpha value is -1.23. The highest BCUT2D eigenvalue weighted by atomic mass is 16.3. The summed E-state index contributed by atoms with van der Waals surface area (Å²) in [7, 11) is 1.87. The Labute approximate surface area is 103 Å². The van der Waals surface area contributed by atoms with Gasteiger partial charge in [0.25, 0.3) is 0 Å². The molecule has 0 amide bonds. The second-order valence-corrected chi connectivity index (χ2v) is 4.41. The van der Waals surface area contributed by atoms with Gasteiger partial charge in [-0.15, -0.1) is 0 Å². The van der Waals surface area contributed by atoms with Crippen molar-refractivity contribution in [2.24, 2.45) is 7.05 Å². The fourth-order valence-electron chi connectivity index (χ4n) is 1.88. The molecule has 5 nitrogen and oxygen atoms in total. The summed E-state index contributed by atoms with van der Waals surface area (Å²) in [6.07, 6.45) is 3.36. The van der Waals surface area contributed by atoms with Crippen LogP contribution in [0.4, 0.5) is 11.5 Å². The van der Waals surface area contributed by atoms with E-state index in [4.69, 9.17) is 5.73 Å². The van der Waals surface area contributed by atoms with E-state index in [1.165, 1.54) is 0 Å². The molecular formula is C12H24N4O. The van der Waals surface area contributed by atoms with Gasteiger partial charge in [-0.2, -0.15) is 5.10 Å². The fraction of sp³-hybridized carbons (Fsp3) is 0.750. The van der Waals surface area contributed by atoms with Crippen molar-refractivity contribution in [3.05, 3.63) is 5.69 Å². The lowest BCUT2D eigenvalue weighted by Crippen LogP contribution is -2.20. The van der Waals surface area contributed by atoms with Gasteiger partial charge in [0.2, 0.25) is 0 Å². The van der Waals surface area contributed by atoms with Gasteiger partial charge in [-0.05, 0) is 12.8 Å². The standard InChI is InChI=1S/C12H24N4O/c1-4-6-9(17)8-14-12-11(13)10(7-5-2)15-16(12)3/h9,14,17H,4-8,13H2,1-3H3. The van der Waals surface area contributed by atoms with Crippen molar-refractivity contribution in [3.63, 3.8) is 0 Å². The molecule has 1 heterocycles. The molecule has 0 saturated carbocycles. The largest absolute Gasteiger partial charge is 0.394 e. The van der Waals surface area contributed by atoms with Gasteiger partial charge in [0.05, 0.1) is 17.5 Å². The average Bonchev–Trinajstić information content (AvgIpc) is 2.53. The molecule has 1 unspecified atom stereocenters. The lowest BCUT2D eigenvalue weighted by atomic mass is 10.2. The fourth-order valence-corrected chi connectivity index (χ4v) is 1.88. The maximum absolute atomic E-state index is 9.67. The van der Waals surface area contributed by atoms with Crippen LogP contribution in [0.5, 0.6) is 0 Å². The second-order valence-electron chi connectivity index (χ2n) is 4.41. The number of aliphatic hydroxyl groups is 1. The van der Waals surface area contributed by atoms with Crippen molar-refractivity contribution >= 4 is 11.5 Å². The third-order valence-corrected chi connectivity index (χ3v) is 2.77. The molecule has 0 aliphatic heterocycles. The molecule has 1 atom stereocenters. The van der Waals surface area contributed by atoms with Crippen LogP contribution in [0, 0.1) is 0 Å². The number of aliphatic hydroxyl groups excluding tert-OH is 1. The molecule has 1 aromatic heterocycles. The molecular weight excluding hydrogens is 216 g/mol. The van der Waals surface area contributed by atoms with Crippen molar-refractivity contribution in [1.82, 2.24) is 9.78 Å². The van der Waals surface area contributed by atoms with Gasteiger partial charge in [-0.25, -0.2) is 0 Å². The van der Waals surface area contributed by atoms with Crippen LogP contribution in [0.25, 0.3) is 0 Å². The smallest absolute Gasteiger partial charge is 0.147 e. The molecule has 0 aromatic carbocycles. The number of aryl methyl sites for hydroxylation is 2. The van der Waals surface area contributed by atoms with Gasteiger partial charge < -0.3 is 16.2 Å². The molecule has 0 fully saturated rings. The summed E-state index contributed by atoms with van der Waals surface area (Å²) in [5.74, 6) is 0.809. The first-order valence-corrected chi connectivity index (χ1v) is 6.33. The van der Waals surface area contributed by atoms with E-state index in [9.17, 15) is 5.11 Å². The van der Waals surface area contributed by atoms with Gasteiger partial charge in [0, 0.05) is 13.6 Å². The normalized spacial score (nSPS) is 12.7. The van der Waals surface area contributed by atoms with E-state index in [0.717, 1.165) is 37.2 Å². The van der Waals surface area contributed by atoms with E-state index in [1.807, 2.05) is 7.05 Å². The maximum Gasteiger partial charge on any atom is 0.147 e. The number of rotatable bonds is 7. The van der Waals surface area contributed by atoms with Crippen LogP contribution in [-0.4, -0.2) is 27.5 Å². The molecule has 1 aromatic rings. The Morgan fingerprint density at radius 2 is 2.12 bits per heavy atom. The Morgan fingerprint density at radius 1 is 1.41 bits per heavy atom. The number of hydrogen-bond donors (Lipinski definition) is 3. The number of nitrogens with one attached hydrogen (secondary N) is 1. The summed E-state index contributed by atoms with van der Waals surface area (Å²) in [5.41, 5.74) is 7.66. The van der Waals surface area contributed by atoms with E-state index in [0.29, 0.717) is 12.2 Å². The van der Waals surface area contributed by atoms with Gasteiger partial charge in [0.1, 0.15) is 5.82 Å². The van der Waals surface area contributed by atoms with Gasteiger partial charge in [-0.3, -0.25) is 4.68 Å². The summed E-state index contributed by atoms with van der Waals surface area (Å²) in [4.78, 5) is 0. The average molecular weight is 240 g/mol. The topological polar surface area (TPSA) is 76.1 Å². The number of hydrogen-bond acceptors (Lipinski definition) is 4. The first kappa shape index (κ1) is 13.8. The lowest BCUT2D eigenvalue weighted by Gasteiger charge is -2.12. The quantitative estimate of drug-likeness (QED) is 0.675. The number of anilines is 2. The third-order valence-electron chi connectivity index (χ3n) is 2.77. The summed E-state index contributed by atoms with van der Waals surface area (Å²) in [5, 5.41) is 17.2. The van der Waals surface area contributed by atoms with Crippen molar-refractivity contribution in [2.45, 2.75) is 45.6 Å². The van der Waals surface area contributed by atoms with Crippen LogP contribution in [0.15, 0.2) is 0 Å². The van der Waals surface area contributed by atoms with E-state index in [2.05, 4.69) is 24.3 Å². The highest BCUT2D eigenvalue weighted by Gasteiger charge is 2.13. The third kappa shape index (κ3) is 3.63. The minimum Gasteiger partial charge on any atom is -0.394 e. The van der Waals surface area contributed by atoms with E-state index >= 15 is 0 Å². The van der Waals surface area contributed by atoms with Crippen molar-refractivity contribution < 1.29 is 5.11 Å². The first-order valence-electron chi connectivity index (χ1n) is 6.33. The number of nitrogens with two attached hydrogens (primary N) is 1. The molecule has 4 N–H and O–H groups in total. The van der Waals surface area contributed by atoms with E-state index < -0.39 is 0 Å². The van der Waals surface area contributed by atoms with Gasteiger partial charge in [-0.1, -0.05) is 26.7 Å². The summed E-state index contributed by atoms with van der Waals surface area (Å²) in [6.45, 7) is 4.68. The van der Waals surface area contributed by atoms with Crippen LogP contribution >= 0.6 is 0 Å². The van der Waals surface area contributed by atoms with E-state index in [1.54, 1.807) is 4.68 Å². The Bertz CT molecular complexity index is 349. The molecule has 0 aliphatic rings. The van der Waals surface area contributed by atoms with Crippen LogP contribution < -0.4 is 11.1 Å². The summed E-state index contributed by atoms with van der Waals surface area (Å²) in [6, 6.07) is 0. The highest BCUT2D eigenvalue weighted by molar-refractivity contribution is 5.65. The Balaban J connectivity index is 2.64. The monoisotopic (exact) mass is 240 g/mol. The zero-order valence-electron chi connectivity index (χ0n) is 11.0. The first-order chi connectivity index (χ1) is 8.10. The van der Waals surface area contributed by atoms with Gasteiger partial charge in [0.15, 0.2) is 0 Å². The number of nitrogen functional groups attached to an aromatic ring is 1. The number of aromatic nitrogens is 2. The minimum atomic E-state index is -0.330. The zero-order valence-corrected chi connectivity index (χ0v) is 11.0. The minimum absolute atomic E-state index is 0.330. The molecule has 17 heavy (non-hydrogen) atoms. The molecule has 98 valence electrons.